The molecule has 0 spiro atoms. The van der Waals surface area contributed by atoms with Crippen molar-refractivity contribution in [2.75, 3.05) is 38.2 Å². The Bertz CT molecular complexity index is 1050. The number of anilines is 1. The summed E-state index contributed by atoms with van der Waals surface area (Å²) in [7, 11) is 0. The third-order valence-electron chi connectivity index (χ3n) is 7.08. The van der Waals surface area contributed by atoms with Crippen LogP contribution in [0.25, 0.3) is 0 Å². The molecule has 0 amide bonds. The van der Waals surface area contributed by atoms with Crippen LogP contribution in [-0.2, 0) is 10.9 Å². The predicted octanol–water partition coefficient (Wildman–Crippen LogP) is 3.91. The quantitative estimate of drug-likeness (QED) is 0.440. The van der Waals surface area contributed by atoms with E-state index < -0.39 is 35.8 Å². The predicted molar refractivity (Wildman–Crippen MR) is 119 cm³/mol. The second-order valence-corrected chi connectivity index (χ2v) is 9.78. The number of ether oxygens (including phenoxy) is 2. The molecule has 2 aliphatic heterocycles. The second-order valence-electron chi connectivity index (χ2n) is 9.44. The van der Waals surface area contributed by atoms with Crippen LogP contribution in [0.5, 0.6) is 5.75 Å². The van der Waals surface area contributed by atoms with Crippen LogP contribution < -0.4 is 10.1 Å². The molecule has 8 nitrogen and oxygen atoms in total. The standard InChI is InChI=1S/C22H27ClF4N6O2/c1-12-19(8-33(31-12)14-3-2-4-14)35-9-13-6-32(18-11-34-10-16(18)24)7-17(13)29-20-15(22(25,26)27)5-28-21(23)30-20/h5,8,13-14,16-18H,2-4,6-7,9-11H2,1H3,(H,28,29,30)/t13-,16?,17+,18?/m1/s1. The van der Waals surface area contributed by atoms with E-state index in [4.69, 9.17) is 21.1 Å². The number of hydrogen-bond acceptors (Lipinski definition) is 7. The van der Waals surface area contributed by atoms with E-state index in [0.717, 1.165) is 18.5 Å². The second kappa shape index (κ2) is 9.70. The molecule has 5 rings (SSSR count). The molecule has 0 radical (unpaired) electrons. The molecule has 4 atom stereocenters. The number of nitrogens with zero attached hydrogens (tertiary/aromatic N) is 5. The summed E-state index contributed by atoms with van der Waals surface area (Å²) in [5, 5.41) is 7.15. The zero-order chi connectivity index (χ0) is 24.7. The summed E-state index contributed by atoms with van der Waals surface area (Å²) in [6.45, 7) is 3.07. The van der Waals surface area contributed by atoms with Gasteiger partial charge in [0.15, 0.2) is 5.75 Å². The van der Waals surface area contributed by atoms with Crippen molar-refractivity contribution in [3.05, 3.63) is 28.9 Å². The summed E-state index contributed by atoms with van der Waals surface area (Å²) >= 11 is 5.80. The molecule has 1 saturated carbocycles. The number of aromatic nitrogens is 4. The number of rotatable bonds is 7. The van der Waals surface area contributed by atoms with E-state index in [1.807, 2.05) is 22.7 Å². The number of alkyl halides is 4. The van der Waals surface area contributed by atoms with Crippen LogP contribution >= 0.6 is 11.6 Å². The Kier molecular flexibility index (Phi) is 6.79. The average molecular weight is 519 g/mol. The van der Waals surface area contributed by atoms with Gasteiger partial charge >= 0.3 is 6.18 Å². The summed E-state index contributed by atoms with van der Waals surface area (Å²) in [5.74, 6) is -0.00499. The van der Waals surface area contributed by atoms with Crippen LogP contribution in [0.15, 0.2) is 12.4 Å². The van der Waals surface area contributed by atoms with Gasteiger partial charge in [0.05, 0.1) is 38.1 Å². The molecule has 4 heterocycles. The molecule has 0 bridgehead atoms. The lowest BCUT2D eigenvalue weighted by Crippen LogP contribution is -2.41. The Hall–Kier alpha value is -2.18. The number of hydrogen-bond donors (Lipinski definition) is 1. The van der Waals surface area contributed by atoms with Crippen molar-refractivity contribution in [1.29, 1.82) is 0 Å². The largest absolute Gasteiger partial charge is 0.490 e. The zero-order valence-electron chi connectivity index (χ0n) is 19.1. The van der Waals surface area contributed by atoms with Crippen molar-refractivity contribution < 1.29 is 27.0 Å². The Labute approximate surface area is 204 Å². The van der Waals surface area contributed by atoms with Gasteiger partial charge in [-0.1, -0.05) is 0 Å². The van der Waals surface area contributed by atoms with Gasteiger partial charge < -0.3 is 14.8 Å². The van der Waals surface area contributed by atoms with Gasteiger partial charge in [0, 0.05) is 31.2 Å². The first-order valence-electron chi connectivity index (χ1n) is 11.7. The molecule has 1 N–H and O–H groups in total. The molecule has 35 heavy (non-hydrogen) atoms. The molecular formula is C22H27ClF4N6O2. The first kappa shape index (κ1) is 24.5. The van der Waals surface area contributed by atoms with Gasteiger partial charge in [0.1, 0.15) is 23.2 Å². The minimum absolute atomic E-state index is 0.0136. The van der Waals surface area contributed by atoms with E-state index in [2.05, 4.69) is 20.4 Å². The van der Waals surface area contributed by atoms with Gasteiger partial charge in [-0.05, 0) is 37.8 Å². The lowest BCUT2D eigenvalue weighted by molar-refractivity contribution is -0.137. The van der Waals surface area contributed by atoms with Gasteiger partial charge in [0.25, 0.3) is 0 Å². The Balaban J connectivity index is 1.34. The average Bonchev–Trinajstić information content (AvgIpc) is 3.43. The molecule has 2 aromatic heterocycles. The maximum atomic E-state index is 14.4. The van der Waals surface area contributed by atoms with Crippen molar-refractivity contribution in [3.63, 3.8) is 0 Å². The molecular weight excluding hydrogens is 492 g/mol. The monoisotopic (exact) mass is 518 g/mol. The summed E-state index contributed by atoms with van der Waals surface area (Å²) < 4.78 is 68.4. The summed E-state index contributed by atoms with van der Waals surface area (Å²) in [4.78, 5) is 9.19. The van der Waals surface area contributed by atoms with Crippen LogP contribution in [-0.4, -0.2) is 75.8 Å². The van der Waals surface area contributed by atoms with Gasteiger partial charge in [0.2, 0.25) is 5.28 Å². The third-order valence-corrected chi connectivity index (χ3v) is 7.26. The SMILES string of the molecule is Cc1nn(C2CCC2)cc1OC[C@H]1CN(C2COCC2F)C[C@@H]1Nc1nc(Cl)ncc1C(F)(F)F. The van der Waals surface area contributed by atoms with E-state index >= 15 is 0 Å². The molecule has 2 unspecified atom stereocenters. The summed E-state index contributed by atoms with van der Waals surface area (Å²) in [6.07, 6.45) is 0.0745. The fraction of sp³-hybridized carbons (Fsp3) is 0.682. The van der Waals surface area contributed by atoms with Gasteiger partial charge in [-0.2, -0.15) is 18.3 Å². The van der Waals surface area contributed by atoms with Gasteiger partial charge in [-0.3, -0.25) is 9.58 Å². The highest BCUT2D eigenvalue weighted by atomic mass is 35.5. The van der Waals surface area contributed by atoms with E-state index in [1.54, 1.807) is 0 Å². The lowest BCUT2D eigenvalue weighted by atomic mass is 9.93. The van der Waals surface area contributed by atoms with Crippen LogP contribution in [0.2, 0.25) is 5.28 Å². The maximum Gasteiger partial charge on any atom is 0.421 e. The fourth-order valence-electron chi connectivity index (χ4n) is 4.85. The Morgan fingerprint density at radius 2 is 2.06 bits per heavy atom. The van der Waals surface area contributed by atoms with Crippen molar-refractivity contribution in [1.82, 2.24) is 24.6 Å². The molecule has 3 aliphatic rings. The first-order chi connectivity index (χ1) is 16.7. The van der Waals surface area contributed by atoms with E-state index in [0.29, 0.717) is 31.1 Å². The van der Waals surface area contributed by atoms with Crippen LogP contribution in [0, 0.1) is 12.8 Å². The lowest BCUT2D eigenvalue weighted by Gasteiger charge is -2.25. The summed E-state index contributed by atoms with van der Waals surface area (Å²) in [6, 6.07) is -0.560. The highest BCUT2D eigenvalue weighted by Gasteiger charge is 2.43. The van der Waals surface area contributed by atoms with Crippen LogP contribution in [0.3, 0.4) is 0 Å². The number of aryl methyl sites for hydroxylation is 1. The van der Waals surface area contributed by atoms with Crippen LogP contribution in [0.1, 0.15) is 36.6 Å². The highest BCUT2D eigenvalue weighted by Crippen LogP contribution is 2.36. The van der Waals surface area contributed by atoms with Crippen LogP contribution in [0.4, 0.5) is 23.4 Å². The van der Waals surface area contributed by atoms with E-state index in [-0.39, 0.29) is 31.0 Å². The number of nitrogens with one attached hydrogen (secondary N) is 1. The van der Waals surface area contributed by atoms with Crippen molar-refractivity contribution in [2.24, 2.45) is 5.92 Å². The topological polar surface area (TPSA) is 77.3 Å². The van der Waals surface area contributed by atoms with E-state index in [1.165, 1.54) is 6.42 Å². The molecule has 2 aromatic rings. The molecule has 192 valence electrons. The molecule has 13 heteroatoms. The normalized spacial score (nSPS) is 27.8. The smallest absolute Gasteiger partial charge is 0.421 e. The Morgan fingerprint density at radius 3 is 2.71 bits per heavy atom. The molecule has 2 saturated heterocycles. The molecule has 1 aliphatic carbocycles. The minimum atomic E-state index is -4.66. The number of likely N-dealkylation sites (tertiary alicyclic amines) is 1. The highest BCUT2D eigenvalue weighted by molar-refractivity contribution is 6.28. The van der Waals surface area contributed by atoms with Crippen molar-refractivity contribution >= 4 is 17.4 Å². The molecule has 0 aromatic carbocycles. The zero-order valence-corrected chi connectivity index (χ0v) is 19.9. The first-order valence-corrected chi connectivity index (χ1v) is 12.1. The van der Waals surface area contributed by atoms with E-state index in [9.17, 15) is 17.6 Å². The Morgan fingerprint density at radius 1 is 1.26 bits per heavy atom. The number of halogens is 5. The molecule has 3 fully saturated rings. The van der Waals surface area contributed by atoms with Crippen molar-refractivity contribution in [2.45, 2.75) is 56.7 Å². The summed E-state index contributed by atoms with van der Waals surface area (Å²) in [5.41, 5.74) is -0.253. The van der Waals surface area contributed by atoms with Crippen molar-refractivity contribution in [3.8, 4) is 5.75 Å². The van der Waals surface area contributed by atoms with Gasteiger partial charge in [-0.15, -0.1) is 0 Å². The maximum absolute atomic E-state index is 14.4. The third kappa shape index (κ3) is 5.19. The van der Waals surface area contributed by atoms with Gasteiger partial charge in [-0.25, -0.2) is 14.4 Å². The fourth-order valence-corrected chi connectivity index (χ4v) is 4.99. The minimum Gasteiger partial charge on any atom is -0.490 e.